The maximum atomic E-state index is 14.1. The van der Waals surface area contributed by atoms with E-state index in [1.54, 1.807) is 20.3 Å². The first kappa shape index (κ1) is 26.3. The Hall–Kier alpha value is -3.88. The molecule has 0 amide bonds. The summed E-state index contributed by atoms with van der Waals surface area (Å²) in [6.45, 7) is 4.06. The molecule has 0 saturated heterocycles. The summed E-state index contributed by atoms with van der Waals surface area (Å²) in [6, 6.07) is 19.9. The summed E-state index contributed by atoms with van der Waals surface area (Å²) in [7, 11) is 3.25. The molecule has 1 aliphatic carbocycles. The normalized spacial score (nSPS) is 16.0. The Morgan fingerprint density at radius 3 is 2.75 bits per heavy atom. The van der Waals surface area contributed by atoms with Crippen LogP contribution >= 0.6 is 27.3 Å². The molecule has 2 heterocycles. The molecule has 202 valence electrons. The van der Waals surface area contributed by atoms with Gasteiger partial charge in [0, 0.05) is 5.56 Å². The highest BCUT2D eigenvalue weighted by molar-refractivity contribution is 9.10. The van der Waals surface area contributed by atoms with Gasteiger partial charge in [0.1, 0.15) is 12.4 Å². The lowest BCUT2D eigenvalue weighted by Gasteiger charge is -2.31. The van der Waals surface area contributed by atoms with Crippen molar-refractivity contribution in [2.75, 3.05) is 20.8 Å². The van der Waals surface area contributed by atoms with Gasteiger partial charge in [0.05, 0.1) is 35.0 Å². The second-order valence-electron chi connectivity index (χ2n) is 9.52. The van der Waals surface area contributed by atoms with Gasteiger partial charge < -0.3 is 14.2 Å². The molecule has 0 N–H and O–H groups in total. The van der Waals surface area contributed by atoms with Gasteiger partial charge in [-0.15, -0.1) is 0 Å². The van der Waals surface area contributed by atoms with E-state index in [2.05, 4.69) is 46.8 Å². The van der Waals surface area contributed by atoms with E-state index in [4.69, 9.17) is 19.2 Å². The lowest BCUT2D eigenvalue weighted by atomic mass is 9.83. The maximum absolute atomic E-state index is 14.1. The smallest absolute Gasteiger partial charge is 0.271 e. The van der Waals surface area contributed by atoms with Crippen LogP contribution in [0.2, 0.25) is 0 Å². The Morgan fingerprint density at radius 2 is 1.95 bits per heavy atom. The summed E-state index contributed by atoms with van der Waals surface area (Å²) in [5.41, 5.74) is 6.27. The first-order valence-corrected chi connectivity index (χ1v) is 14.5. The van der Waals surface area contributed by atoms with E-state index in [0.717, 1.165) is 51.0 Å². The summed E-state index contributed by atoms with van der Waals surface area (Å²) >= 11 is 4.99. The molecular formula is C32H27BrN2O4S. The molecule has 0 fully saturated rings. The van der Waals surface area contributed by atoms with Crippen molar-refractivity contribution in [3.8, 4) is 17.2 Å². The van der Waals surface area contributed by atoms with Crippen molar-refractivity contribution in [3.05, 3.63) is 125 Å². The number of allylic oxidation sites excluding steroid dienone is 1. The summed E-state index contributed by atoms with van der Waals surface area (Å²) in [5, 5.41) is 0. The van der Waals surface area contributed by atoms with Crippen LogP contribution in [-0.4, -0.2) is 25.4 Å². The van der Waals surface area contributed by atoms with Gasteiger partial charge in [-0.3, -0.25) is 9.36 Å². The third kappa shape index (κ3) is 4.61. The number of methoxy groups -OCH3 is 2. The number of fused-ring (bicyclic) bond motifs is 3. The van der Waals surface area contributed by atoms with Crippen LogP contribution in [0.4, 0.5) is 0 Å². The number of nitrogens with zero attached hydrogens (tertiary/aromatic N) is 2. The van der Waals surface area contributed by atoms with Crippen molar-refractivity contribution in [1.82, 2.24) is 4.57 Å². The molecule has 4 aromatic rings. The van der Waals surface area contributed by atoms with Crippen LogP contribution in [0.1, 0.15) is 34.7 Å². The predicted molar refractivity (Wildman–Crippen MR) is 162 cm³/mol. The standard InChI is InChI=1S/C32H27BrN2O4S/c1-4-14-39-30-25(33)15-19(16-26(30)38-3)17-27-31(36)35-29(21-9-7-10-22(18-21)37-2)24-13-12-20-8-5-6-11-23(20)28(24)34-32(35)40-27/h4-11,15-18,29H,1,12-14H2,2-3H3/b27-17-/t29-/m0/s1. The molecule has 0 spiro atoms. The van der Waals surface area contributed by atoms with Crippen LogP contribution in [0.3, 0.4) is 0 Å². The van der Waals surface area contributed by atoms with E-state index in [9.17, 15) is 4.79 Å². The Balaban J connectivity index is 1.56. The van der Waals surface area contributed by atoms with E-state index in [1.807, 2.05) is 47.0 Å². The number of hydrogen-bond donors (Lipinski definition) is 0. The van der Waals surface area contributed by atoms with Gasteiger partial charge in [0.2, 0.25) is 0 Å². The molecule has 0 unspecified atom stereocenters. The molecule has 6 nitrogen and oxygen atoms in total. The summed E-state index contributed by atoms with van der Waals surface area (Å²) in [4.78, 5) is 19.8. The van der Waals surface area contributed by atoms with Gasteiger partial charge in [0.15, 0.2) is 16.3 Å². The lowest BCUT2D eigenvalue weighted by molar-refractivity contribution is 0.324. The van der Waals surface area contributed by atoms with Crippen LogP contribution in [-0.2, 0) is 6.42 Å². The predicted octanol–water partition coefficient (Wildman–Crippen LogP) is 5.66. The van der Waals surface area contributed by atoms with Gasteiger partial charge in [-0.1, -0.05) is 60.4 Å². The van der Waals surface area contributed by atoms with Crippen molar-refractivity contribution in [1.29, 1.82) is 0 Å². The highest BCUT2D eigenvalue weighted by Gasteiger charge is 2.32. The first-order valence-electron chi connectivity index (χ1n) is 12.9. The number of halogens is 1. The Labute approximate surface area is 244 Å². The zero-order valence-electron chi connectivity index (χ0n) is 22.1. The summed E-state index contributed by atoms with van der Waals surface area (Å²) in [6.07, 6.45) is 5.30. The van der Waals surface area contributed by atoms with E-state index in [-0.39, 0.29) is 11.6 Å². The second-order valence-corrected chi connectivity index (χ2v) is 11.4. The molecule has 0 radical (unpaired) electrons. The minimum absolute atomic E-state index is 0.0796. The minimum Gasteiger partial charge on any atom is -0.497 e. The molecule has 40 heavy (non-hydrogen) atoms. The van der Waals surface area contributed by atoms with Crippen molar-refractivity contribution in [2.45, 2.75) is 18.9 Å². The van der Waals surface area contributed by atoms with Crippen molar-refractivity contribution < 1.29 is 14.2 Å². The fourth-order valence-corrected chi connectivity index (χ4v) is 6.97. The number of benzene rings is 3. The molecule has 0 saturated carbocycles. The van der Waals surface area contributed by atoms with Gasteiger partial charge >= 0.3 is 0 Å². The number of thiazole rings is 1. The molecule has 1 atom stereocenters. The van der Waals surface area contributed by atoms with Crippen molar-refractivity contribution in [2.24, 2.45) is 4.99 Å². The molecular weight excluding hydrogens is 588 g/mol. The molecule has 8 heteroatoms. The van der Waals surface area contributed by atoms with Crippen LogP contribution in [0, 0.1) is 0 Å². The number of ether oxygens (including phenoxy) is 3. The zero-order valence-corrected chi connectivity index (χ0v) is 24.6. The van der Waals surface area contributed by atoms with E-state index in [1.165, 1.54) is 16.9 Å². The molecule has 6 rings (SSSR count). The van der Waals surface area contributed by atoms with Gasteiger partial charge in [0.25, 0.3) is 5.56 Å². The SMILES string of the molecule is C=CCOc1c(Br)cc(/C=c2\sc3n(c2=O)[C@@H](c2cccc(OC)c2)C2=C(N=3)c3ccccc3CC2)cc1OC. The van der Waals surface area contributed by atoms with Gasteiger partial charge in [-0.2, -0.15) is 0 Å². The molecule has 0 bridgehead atoms. The van der Waals surface area contributed by atoms with Crippen LogP contribution in [0.15, 0.2) is 93.2 Å². The van der Waals surface area contributed by atoms with Gasteiger partial charge in [-0.05, 0) is 81.4 Å². The highest BCUT2D eigenvalue weighted by atomic mass is 79.9. The molecule has 2 aliphatic rings. The Morgan fingerprint density at radius 1 is 1.10 bits per heavy atom. The highest BCUT2D eigenvalue weighted by Crippen LogP contribution is 2.42. The maximum Gasteiger partial charge on any atom is 0.271 e. The number of aryl methyl sites for hydroxylation is 1. The number of hydrogen-bond acceptors (Lipinski definition) is 6. The minimum atomic E-state index is -0.271. The number of rotatable bonds is 7. The molecule has 1 aromatic heterocycles. The third-order valence-corrected chi connectivity index (χ3v) is 8.75. The summed E-state index contributed by atoms with van der Waals surface area (Å²) in [5.74, 6) is 1.91. The van der Waals surface area contributed by atoms with E-state index in [0.29, 0.717) is 27.4 Å². The Bertz CT molecular complexity index is 1850. The third-order valence-electron chi connectivity index (χ3n) is 7.18. The largest absolute Gasteiger partial charge is 0.497 e. The average Bonchev–Trinajstić information content (AvgIpc) is 3.29. The van der Waals surface area contributed by atoms with Gasteiger partial charge in [-0.25, -0.2) is 4.99 Å². The topological polar surface area (TPSA) is 62.0 Å². The van der Waals surface area contributed by atoms with E-state index < -0.39 is 0 Å². The Kier molecular flexibility index (Phi) is 7.21. The monoisotopic (exact) mass is 614 g/mol. The molecule has 3 aromatic carbocycles. The average molecular weight is 616 g/mol. The summed E-state index contributed by atoms with van der Waals surface area (Å²) < 4.78 is 20.1. The van der Waals surface area contributed by atoms with Crippen molar-refractivity contribution in [3.63, 3.8) is 0 Å². The quantitative estimate of drug-likeness (QED) is 0.252. The van der Waals surface area contributed by atoms with Crippen LogP contribution in [0.25, 0.3) is 11.8 Å². The van der Waals surface area contributed by atoms with Crippen LogP contribution < -0.4 is 29.1 Å². The van der Waals surface area contributed by atoms with E-state index >= 15 is 0 Å². The first-order chi connectivity index (χ1) is 19.5. The fourth-order valence-electron chi connectivity index (χ4n) is 5.39. The lowest BCUT2D eigenvalue weighted by Crippen LogP contribution is -2.38. The van der Waals surface area contributed by atoms with Crippen molar-refractivity contribution >= 4 is 39.0 Å². The molecule has 1 aliphatic heterocycles. The van der Waals surface area contributed by atoms with Crippen LogP contribution in [0.5, 0.6) is 17.2 Å². The zero-order chi connectivity index (χ0) is 27.8. The fraction of sp³-hybridized carbons (Fsp3) is 0.188. The number of aromatic nitrogens is 1. The second kappa shape index (κ2) is 10.9.